The molecule has 1 nitrogen and oxygen atoms in total. The lowest BCUT2D eigenvalue weighted by Gasteiger charge is -2.52. The molecular weight excluding hydrogens is 196 g/mol. The molecule has 2 aliphatic carbocycles. The Morgan fingerprint density at radius 1 is 1.38 bits per heavy atom. The third kappa shape index (κ3) is 1.88. The van der Waals surface area contributed by atoms with Gasteiger partial charge >= 0.3 is 0 Å². The van der Waals surface area contributed by atoms with Gasteiger partial charge in [-0.05, 0) is 49.0 Å². The molecular formula is C15H22O. The molecule has 0 N–H and O–H groups in total. The van der Waals surface area contributed by atoms with Crippen molar-refractivity contribution in [2.75, 3.05) is 0 Å². The molecule has 2 rings (SSSR count). The largest absolute Gasteiger partial charge is 0.295 e. The van der Waals surface area contributed by atoms with Crippen LogP contribution in [0, 0.1) is 17.3 Å². The van der Waals surface area contributed by atoms with Gasteiger partial charge in [0, 0.05) is 6.42 Å². The van der Waals surface area contributed by atoms with Crippen molar-refractivity contribution in [2.24, 2.45) is 17.3 Å². The summed E-state index contributed by atoms with van der Waals surface area (Å²) in [5, 5.41) is 0. The van der Waals surface area contributed by atoms with Gasteiger partial charge < -0.3 is 0 Å². The maximum atomic E-state index is 11.8. The zero-order valence-corrected chi connectivity index (χ0v) is 10.7. The van der Waals surface area contributed by atoms with Gasteiger partial charge in [0.2, 0.25) is 0 Å². The van der Waals surface area contributed by atoms with Gasteiger partial charge in [0.15, 0.2) is 5.78 Å². The Bertz CT molecular complexity index is 360. The first-order valence-corrected chi connectivity index (χ1v) is 6.29. The molecule has 0 aliphatic heterocycles. The summed E-state index contributed by atoms with van der Waals surface area (Å²) in [5.41, 5.74) is 2.69. The molecule has 0 spiro atoms. The SMILES string of the molecule is C=C1CCC(=O)/C(C)=C\CC2C1CC2(C)C. The van der Waals surface area contributed by atoms with Gasteiger partial charge in [0.25, 0.3) is 0 Å². The Kier molecular flexibility index (Phi) is 2.81. The van der Waals surface area contributed by atoms with Gasteiger partial charge in [-0.1, -0.05) is 32.1 Å². The summed E-state index contributed by atoms with van der Waals surface area (Å²) in [6.45, 7) is 10.8. The second kappa shape index (κ2) is 3.87. The van der Waals surface area contributed by atoms with Gasteiger partial charge in [-0.25, -0.2) is 0 Å². The Morgan fingerprint density at radius 2 is 2.06 bits per heavy atom. The maximum absolute atomic E-state index is 11.8. The van der Waals surface area contributed by atoms with E-state index in [9.17, 15) is 4.79 Å². The normalized spacial score (nSPS) is 37.3. The van der Waals surface area contributed by atoms with E-state index in [1.165, 1.54) is 12.0 Å². The van der Waals surface area contributed by atoms with Gasteiger partial charge in [-0.3, -0.25) is 4.79 Å². The van der Waals surface area contributed by atoms with E-state index in [4.69, 9.17) is 0 Å². The Morgan fingerprint density at radius 3 is 2.69 bits per heavy atom. The molecule has 0 aromatic heterocycles. The first-order valence-electron chi connectivity index (χ1n) is 6.29. The molecule has 2 unspecified atom stereocenters. The molecule has 0 radical (unpaired) electrons. The average Bonchev–Trinajstić information content (AvgIpc) is 2.24. The van der Waals surface area contributed by atoms with Crippen LogP contribution >= 0.6 is 0 Å². The van der Waals surface area contributed by atoms with E-state index in [1.54, 1.807) is 0 Å². The topological polar surface area (TPSA) is 17.1 Å². The quantitative estimate of drug-likeness (QED) is 0.563. The number of carbonyl (C=O) groups is 1. The number of rotatable bonds is 0. The lowest BCUT2D eigenvalue weighted by molar-refractivity contribution is -0.115. The van der Waals surface area contributed by atoms with Crippen molar-refractivity contribution in [1.29, 1.82) is 0 Å². The minimum absolute atomic E-state index is 0.306. The highest BCUT2D eigenvalue weighted by molar-refractivity contribution is 5.94. The van der Waals surface area contributed by atoms with E-state index in [0.717, 1.165) is 18.4 Å². The summed E-state index contributed by atoms with van der Waals surface area (Å²) >= 11 is 0. The highest BCUT2D eigenvalue weighted by atomic mass is 16.1. The van der Waals surface area contributed by atoms with Gasteiger partial charge in [0.05, 0.1) is 0 Å². The standard InChI is InChI=1S/C15H22O/c1-10-6-8-14(16)11(2)5-7-13-12(10)9-15(13,3)4/h5,12-13H,1,6-9H2,2-4H3/b11-5-. The zero-order valence-electron chi connectivity index (χ0n) is 10.7. The summed E-state index contributed by atoms with van der Waals surface area (Å²) in [6.07, 6.45) is 6.00. The number of allylic oxidation sites excluding steroid dienone is 3. The third-order valence-corrected chi connectivity index (χ3v) is 4.55. The second-order valence-electron chi connectivity index (χ2n) is 6.11. The first-order chi connectivity index (χ1) is 7.42. The molecule has 16 heavy (non-hydrogen) atoms. The van der Waals surface area contributed by atoms with Crippen LogP contribution in [0.15, 0.2) is 23.8 Å². The Balaban J connectivity index is 2.21. The second-order valence-corrected chi connectivity index (χ2v) is 6.11. The Hall–Kier alpha value is -0.850. The molecule has 1 fully saturated rings. The molecule has 1 heteroatoms. The molecule has 0 bridgehead atoms. The van der Waals surface area contributed by atoms with Crippen molar-refractivity contribution in [3.8, 4) is 0 Å². The van der Waals surface area contributed by atoms with Crippen LogP contribution in [-0.4, -0.2) is 5.78 Å². The van der Waals surface area contributed by atoms with Gasteiger partial charge in [-0.2, -0.15) is 0 Å². The molecule has 0 heterocycles. The van der Waals surface area contributed by atoms with Crippen LogP contribution in [-0.2, 0) is 4.79 Å². The monoisotopic (exact) mass is 218 g/mol. The predicted molar refractivity (Wildman–Crippen MR) is 67.1 cm³/mol. The molecule has 0 amide bonds. The van der Waals surface area contributed by atoms with E-state index in [0.29, 0.717) is 29.5 Å². The lowest BCUT2D eigenvalue weighted by Crippen LogP contribution is -2.44. The number of ketones is 1. The average molecular weight is 218 g/mol. The highest BCUT2D eigenvalue weighted by Gasteiger charge is 2.47. The predicted octanol–water partition coefficient (Wildman–Crippen LogP) is 3.90. The van der Waals surface area contributed by atoms with Crippen molar-refractivity contribution in [3.63, 3.8) is 0 Å². The van der Waals surface area contributed by atoms with Crippen molar-refractivity contribution in [1.82, 2.24) is 0 Å². The number of Topliss-reactive ketones (excluding diaryl/α,β-unsaturated/α-hetero) is 1. The van der Waals surface area contributed by atoms with Gasteiger partial charge in [0.1, 0.15) is 0 Å². The van der Waals surface area contributed by atoms with E-state index in [2.05, 4.69) is 26.5 Å². The summed E-state index contributed by atoms with van der Waals surface area (Å²) in [5.74, 6) is 1.66. The zero-order chi connectivity index (χ0) is 11.9. The minimum Gasteiger partial charge on any atom is -0.295 e. The number of carbonyl (C=O) groups excluding carboxylic acids is 1. The van der Waals surface area contributed by atoms with Crippen LogP contribution in [0.1, 0.15) is 46.5 Å². The smallest absolute Gasteiger partial charge is 0.158 e. The van der Waals surface area contributed by atoms with Crippen LogP contribution < -0.4 is 0 Å². The maximum Gasteiger partial charge on any atom is 0.158 e. The fraction of sp³-hybridized carbons (Fsp3) is 0.667. The van der Waals surface area contributed by atoms with E-state index in [-0.39, 0.29) is 0 Å². The fourth-order valence-electron chi connectivity index (χ4n) is 3.23. The van der Waals surface area contributed by atoms with E-state index >= 15 is 0 Å². The summed E-state index contributed by atoms with van der Waals surface area (Å²) in [6, 6.07) is 0. The number of hydrogen-bond donors (Lipinski definition) is 0. The fourth-order valence-corrected chi connectivity index (χ4v) is 3.23. The summed E-state index contributed by atoms with van der Waals surface area (Å²) < 4.78 is 0. The third-order valence-electron chi connectivity index (χ3n) is 4.55. The highest BCUT2D eigenvalue weighted by Crippen LogP contribution is 2.56. The van der Waals surface area contributed by atoms with Crippen molar-refractivity contribution < 1.29 is 4.79 Å². The molecule has 0 saturated heterocycles. The lowest BCUT2D eigenvalue weighted by atomic mass is 9.52. The molecule has 2 aliphatic rings. The van der Waals surface area contributed by atoms with Crippen LogP contribution in [0.25, 0.3) is 0 Å². The summed E-state index contributed by atoms with van der Waals surface area (Å²) in [7, 11) is 0. The summed E-state index contributed by atoms with van der Waals surface area (Å²) in [4.78, 5) is 11.8. The van der Waals surface area contributed by atoms with Crippen LogP contribution in [0.2, 0.25) is 0 Å². The minimum atomic E-state index is 0.306. The van der Waals surface area contributed by atoms with Crippen molar-refractivity contribution >= 4 is 5.78 Å². The molecule has 0 aromatic carbocycles. The van der Waals surface area contributed by atoms with Crippen LogP contribution in [0.4, 0.5) is 0 Å². The number of fused-ring (bicyclic) bond motifs is 1. The Labute approximate surface area is 98.6 Å². The van der Waals surface area contributed by atoms with Crippen LogP contribution in [0.5, 0.6) is 0 Å². The van der Waals surface area contributed by atoms with Crippen molar-refractivity contribution in [2.45, 2.75) is 46.5 Å². The number of hydrogen-bond acceptors (Lipinski definition) is 1. The molecule has 88 valence electrons. The van der Waals surface area contributed by atoms with Crippen molar-refractivity contribution in [3.05, 3.63) is 23.8 Å². The molecule has 2 atom stereocenters. The molecule has 1 saturated carbocycles. The van der Waals surface area contributed by atoms with E-state index < -0.39 is 0 Å². The van der Waals surface area contributed by atoms with Crippen LogP contribution in [0.3, 0.4) is 0 Å². The molecule has 0 aromatic rings. The van der Waals surface area contributed by atoms with Gasteiger partial charge in [-0.15, -0.1) is 0 Å². The first kappa shape index (κ1) is 11.6. The van der Waals surface area contributed by atoms with E-state index in [1.807, 2.05) is 6.92 Å².